The number of hydroxylamine groups is 2. The van der Waals surface area contributed by atoms with Gasteiger partial charge in [0.25, 0.3) is 0 Å². The monoisotopic (exact) mass is 435 g/mol. The second-order valence-electron chi connectivity index (χ2n) is 9.68. The number of rotatable bonds is 7. The highest BCUT2D eigenvalue weighted by atomic mass is 16.7. The lowest BCUT2D eigenvalue weighted by Gasteiger charge is -2.34. The second kappa shape index (κ2) is 8.64. The van der Waals surface area contributed by atoms with Crippen LogP contribution in [-0.2, 0) is 9.57 Å². The molecule has 3 fully saturated rings. The normalized spacial score (nSPS) is 27.9. The second-order valence-corrected chi connectivity index (χ2v) is 9.68. The van der Waals surface area contributed by atoms with Crippen molar-refractivity contribution in [1.29, 1.82) is 0 Å². The number of aromatic nitrogens is 2. The minimum atomic E-state index is -0.517. The van der Waals surface area contributed by atoms with Gasteiger partial charge in [0.15, 0.2) is 0 Å². The SMILES string of the molecule is CCCCON1C(=O)N2C[C@@H]1CC[C@H]2c1nnc(C2CC(NC(=O)OC(C)(C)C)C2)o1. The number of amides is 3. The molecule has 4 rings (SSSR count). The summed E-state index contributed by atoms with van der Waals surface area (Å²) in [5.41, 5.74) is -0.517. The molecule has 2 aliphatic heterocycles. The lowest BCUT2D eigenvalue weighted by atomic mass is 9.80. The van der Waals surface area contributed by atoms with Crippen molar-refractivity contribution in [2.75, 3.05) is 13.2 Å². The summed E-state index contributed by atoms with van der Waals surface area (Å²) < 4.78 is 11.3. The van der Waals surface area contributed by atoms with Gasteiger partial charge in [0, 0.05) is 18.5 Å². The van der Waals surface area contributed by atoms with Crippen molar-refractivity contribution >= 4 is 12.1 Å². The maximum atomic E-state index is 12.8. The Morgan fingerprint density at radius 2 is 1.97 bits per heavy atom. The van der Waals surface area contributed by atoms with Gasteiger partial charge in [-0.2, -0.15) is 5.06 Å². The maximum absolute atomic E-state index is 12.8. The van der Waals surface area contributed by atoms with Gasteiger partial charge in [0.1, 0.15) is 11.6 Å². The smallest absolute Gasteiger partial charge is 0.407 e. The van der Waals surface area contributed by atoms with Gasteiger partial charge in [-0.15, -0.1) is 10.2 Å². The number of alkyl carbamates (subject to hydrolysis) is 1. The highest BCUT2D eigenvalue weighted by molar-refractivity contribution is 5.77. The number of ether oxygens (including phenoxy) is 1. The molecule has 172 valence electrons. The van der Waals surface area contributed by atoms with Crippen LogP contribution in [0.3, 0.4) is 0 Å². The summed E-state index contributed by atoms with van der Waals surface area (Å²) in [6.07, 6.45) is 4.64. The van der Waals surface area contributed by atoms with Crippen molar-refractivity contribution in [3.63, 3.8) is 0 Å². The van der Waals surface area contributed by atoms with Crippen molar-refractivity contribution in [3.05, 3.63) is 11.8 Å². The molecule has 10 heteroatoms. The highest BCUT2D eigenvalue weighted by Gasteiger charge is 2.48. The Morgan fingerprint density at radius 1 is 1.23 bits per heavy atom. The minimum Gasteiger partial charge on any atom is -0.444 e. The zero-order valence-electron chi connectivity index (χ0n) is 18.8. The van der Waals surface area contributed by atoms with E-state index in [0.29, 0.717) is 24.9 Å². The number of nitrogens with one attached hydrogen (secondary N) is 1. The summed E-state index contributed by atoms with van der Waals surface area (Å²) in [6.45, 7) is 8.79. The van der Waals surface area contributed by atoms with Gasteiger partial charge < -0.3 is 19.4 Å². The minimum absolute atomic E-state index is 0.0413. The van der Waals surface area contributed by atoms with Gasteiger partial charge in [0.05, 0.1) is 12.6 Å². The van der Waals surface area contributed by atoms with Gasteiger partial charge in [-0.25, -0.2) is 9.59 Å². The summed E-state index contributed by atoms with van der Waals surface area (Å²) >= 11 is 0. The predicted octanol–water partition coefficient (Wildman–Crippen LogP) is 3.51. The van der Waals surface area contributed by atoms with Crippen LogP contribution in [0.5, 0.6) is 0 Å². The Kier molecular flexibility index (Phi) is 6.09. The molecule has 1 aromatic rings. The number of carbonyl (C=O) groups excluding carboxylic acids is 2. The largest absolute Gasteiger partial charge is 0.444 e. The first-order chi connectivity index (χ1) is 14.7. The molecule has 10 nitrogen and oxygen atoms in total. The molecule has 1 saturated carbocycles. The van der Waals surface area contributed by atoms with Gasteiger partial charge in [-0.3, -0.25) is 4.84 Å². The van der Waals surface area contributed by atoms with E-state index in [0.717, 1.165) is 38.5 Å². The van der Waals surface area contributed by atoms with E-state index in [9.17, 15) is 9.59 Å². The average Bonchev–Trinajstić information content (AvgIpc) is 3.23. The van der Waals surface area contributed by atoms with E-state index in [1.165, 1.54) is 5.06 Å². The van der Waals surface area contributed by atoms with Crippen molar-refractivity contribution in [2.45, 2.75) is 95.9 Å². The van der Waals surface area contributed by atoms with E-state index >= 15 is 0 Å². The molecule has 0 spiro atoms. The molecule has 2 bridgehead atoms. The van der Waals surface area contributed by atoms with E-state index in [2.05, 4.69) is 22.4 Å². The molecule has 3 heterocycles. The molecular formula is C21H33N5O5. The fourth-order valence-corrected chi connectivity index (χ4v) is 4.32. The summed E-state index contributed by atoms with van der Waals surface area (Å²) in [7, 11) is 0. The molecule has 3 aliphatic rings. The topological polar surface area (TPSA) is 110 Å². The predicted molar refractivity (Wildman–Crippen MR) is 110 cm³/mol. The summed E-state index contributed by atoms with van der Waals surface area (Å²) in [6, 6.07) is -0.192. The lowest BCUT2D eigenvalue weighted by molar-refractivity contribution is -0.130. The van der Waals surface area contributed by atoms with Crippen LogP contribution in [0.4, 0.5) is 9.59 Å². The number of unbranched alkanes of at least 4 members (excludes halogenated alkanes) is 1. The molecular weight excluding hydrogens is 402 g/mol. The average molecular weight is 436 g/mol. The first-order valence-electron chi connectivity index (χ1n) is 11.3. The zero-order chi connectivity index (χ0) is 22.2. The fourth-order valence-electron chi connectivity index (χ4n) is 4.32. The molecule has 3 amide bonds. The molecule has 0 unspecified atom stereocenters. The van der Waals surface area contributed by atoms with Crippen LogP contribution in [0.1, 0.15) is 90.0 Å². The van der Waals surface area contributed by atoms with E-state index in [1.807, 2.05) is 20.8 Å². The van der Waals surface area contributed by atoms with Gasteiger partial charge >= 0.3 is 12.1 Å². The third kappa shape index (κ3) is 4.78. The van der Waals surface area contributed by atoms with Gasteiger partial charge in [-0.05, 0) is 52.9 Å². The maximum Gasteiger partial charge on any atom is 0.407 e. The highest BCUT2D eigenvalue weighted by Crippen LogP contribution is 2.41. The molecule has 0 aromatic carbocycles. The number of carbonyl (C=O) groups is 2. The Balaban J connectivity index is 1.30. The van der Waals surface area contributed by atoms with Crippen LogP contribution < -0.4 is 5.32 Å². The van der Waals surface area contributed by atoms with E-state index in [4.69, 9.17) is 14.0 Å². The number of hydrogen-bond acceptors (Lipinski definition) is 7. The van der Waals surface area contributed by atoms with Crippen LogP contribution in [0.15, 0.2) is 4.42 Å². The third-order valence-electron chi connectivity index (χ3n) is 6.00. The number of urea groups is 1. The number of fused-ring (bicyclic) bond motifs is 2. The van der Waals surface area contributed by atoms with E-state index < -0.39 is 11.7 Å². The lowest BCUT2D eigenvalue weighted by Crippen LogP contribution is -2.45. The quantitative estimate of drug-likeness (QED) is 0.653. The first-order valence-corrected chi connectivity index (χ1v) is 11.3. The van der Waals surface area contributed by atoms with Gasteiger partial charge in [0.2, 0.25) is 11.8 Å². The Labute approximate surface area is 182 Å². The first kappa shape index (κ1) is 21.9. The molecule has 31 heavy (non-hydrogen) atoms. The summed E-state index contributed by atoms with van der Waals surface area (Å²) in [4.78, 5) is 32.2. The van der Waals surface area contributed by atoms with Crippen LogP contribution >= 0.6 is 0 Å². The third-order valence-corrected chi connectivity index (χ3v) is 6.00. The molecule has 0 radical (unpaired) electrons. The fraction of sp³-hybridized carbons (Fsp3) is 0.810. The summed E-state index contributed by atoms with van der Waals surface area (Å²) in [5, 5.41) is 12.9. The number of nitrogens with zero attached hydrogens (tertiary/aromatic N) is 4. The van der Waals surface area contributed by atoms with Crippen molar-refractivity contribution in [1.82, 2.24) is 25.5 Å². The molecule has 1 aromatic heterocycles. The van der Waals surface area contributed by atoms with Crippen LogP contribution in [0.25, 0.3) is 0 Å². The Morgan fingerprint density at radius 3 is 2.68 bits per heavy atom. The number of piperidine rings is 1. The van der Waals surface area contributed by atoms with E-state index in [-0.39, 0.29) is 30.1 Å². The van der Waals surface area contributed by atoms with Gasteiger partial charge in [-0.1, -0.05) is 13.3 Å². The molecule has 1 N–H and O–H groups in total. The summed E-state index contributed by atoms with van der Waals surface area (Å²) in [5.74, 6) is 1.17. The van der Waals surface area contributed by atoms with E-state index in [1.54, 1.807) is 4.90 Å². The molecule has 1 aliphatic carbocycles. The molecule has 2 atom stereocenters. The van der Waals surface area contributed by atoms with Crippen molar-refractivity contribution in [2.24, 2.45) is 0 Å². The van der Waals surface area contributed by atoms with Crippen LogP contribution in [0.2, 0.25) is 0 Å². The van der Waals surface area contributed by atoms with Crippen molar-refractivity contribution in [3.8, 4) is 0 Å². The number of hydrogen-bond donors (Lipinski definition) is 1. The Hall–Kier alpha value is -2.36. The standard InChI is InChI=1S/C21H33N5O5/c1-5-6-9-29-26-15-7-8-16(25(12-15)20(26)28)18-24-23-17(30-18)13-10-14(11-13)22-19(27)31-21(2,3)4/h13-16H,5-12H2,1-4H3,(H,22,27)/t13?,14?,15-,16-/m0/s1. The Bertz CT molecular complexity index is 800. The van der Waals surface area contributed by atoms with Crippen molar-refractivity contribution < 1.29 is 23.6 Å². The van der Waals surface area contributed by atoms with Crippen LogP contribution in [-0.4, -0.2) is 63.1 Å². The molecule has 2 saturated heterocycles. The zero-order valence-corrected chi connectivity index (χ0v) is 18.8. The van der Waals surface area contributed by atoms with Crippen LogP contribution in [0, 0.1) is 0 Å².